The summed E-state index contributed by atoms with van der Waals surface area (Å²) < 4.78 is 5.64. The molecule has 0 aromatic rings. The van der Waals surface area contributed by atoms with Gasteiger partial charge in [0.2, 0.25) is 0 Å². The fourth-order valence-electron chi connectivity index (χ4n) is 8.86. The van der Waals surface area contributed by atoms with Crippen LogP contribution in [0, 0.1) is 52.3 Å². The normalized spacial score (nSPS) is 43.0. The Balaban J connectivity index is 1.48. The molecule has 4 aliphatic rings. The number of carbonyl (C=O) groups is 1. The van der Waals surface area contributed by atoms with Gasteiger partial charge in [-0.2, -0.15) is 0 Å². The van der Waals surface area contributed by atoms with Crippen molar-refractivity contribution in [3.63, 3.8) is 0 Å². The Labute approximate surface area is 198 Å². The third-order valence-corrected chi connectivity index (χ3v) is 11.3. The van der Waals surface area contributed by atoms with E-state index in [1.54, 1.807) is 6.92 Å². The molecule has 9 unspecified atom stereocenters. The lowest BCUT2D eigenvalue weighted by Gasteiger charge is -2.57. The van der Waals surface area contributed by atoms with E-state index in [4.69, 9.17) is 4.74 Å². The molecule has 0 bridgehead atoms. The van der Waals surface area contributed by atoms with Gasteiger partial charge in [0, 0.05) is 6.92 Å². The molecule has 0 aliphatic heterocycles. The van der Waals surface area contributed by atoms with Crippen LogP contribution < -0.4 is 0 Å². The first-order valence-electron chi connectivity index (χ1n) is 13.9. The molecule has 9 atom stereocenters. The molecular weight excluding hydrogens is 392 g/mol. The van der Waals surface area contributed by atoms with Gasteiger partial charge in [-0.15, -0.1) is 0 Å². The number of carbonyl (C=O) groups excluding carboxylic acids is 1. The zero-order valence-corrected chi connectivity index (χ0v) is 22.1. The maximum Gasteiger partial charge on any atom is 0.302 e. The fourth-order valence-corrected chi connectivity index (χ4v) is 8.86. The zero-order chi connectivity index (χ0) is 23.3. The first-order chi connectivity index (χ1) is 15.1. The van der Waals surface area contributed by atoms with E-state index in [-0.39, 0.29) is 12.1 Å². The molecular formula is C30H50O2. The van der Waals surface area contributed by atoms with E-state index in [1.807, 2.05) is 5.57 Å². The standard InChI is InChI=1S/C30H50O2/c1-19(2)20(3)8-9-21(4)26-12-13-27-25-11-10-23-18-24(32-22(5)31)14-16-29(23,6)28(25)15-17-30(26,27)7/h15,19-21,23-27H,8-14,16-18H2,1-7H3. The predicted octanol–water partition coefficient (Wildman–Crippen LogP) is 8.21. The minimum Gasteiger partial charge on any atom is -0.463 e. The first-order valence-corrected chi connectivity index (χ1v) is 13.9. The van der Waals surface area contributed by atoms with Crippen LogP contribution in [0.5, 0.6) is 0 Å². The highest BCUT2D eigenvalue weighted by Crippen LogP contribution is 2.66. The monoisotopic (exact) mass is 442 g/mol. The van der Waals surface area contributed by atoms with Crippen molar-refractivity contribution in [1.29, 1.82) is 0 Å². The number of allylic oxidation sites excluding steroid dienone is 2. The van der Waals surface area contributed by atoms with Crippen molar-refractivity contribution in [3.05, 3.63) is 11.6 Å². The first kappa shape index (κ1) is 24.3. The molecule has 0 radical (unpaired) electrons. The predicted molar refractivity (Wildman–Crippen MR) is 133 cm³/mol. The Kier molecular flexibility index (Phi) is 6.92. The minimum atomic E-state index is -0.103. The molecule has 3 saturated carbocycles. The summed E-state index contributed by atoms with van der Waals surface area (Å²) in [6.45, 7) is 16.6. The number of hydrogen-bond donors (Lipinski definition) is 0. The van der Waals surface area contributed by atoms with Crippen molar-refractivity contribution >= 4 is 5.97 Å². The molecule has 32 heavy (non-hydrogen) atoms. The topological polar surface area (TPSA) is 26.3 Å². The Bertz CT molecular complexity index is 722. The van der Waals surface area contributed by atoms with Gasteiger partial charge in [-0.25, -0.2) is 0 Å². The maximum atomic E-state index is 11.5. The molecule has 2 heteroatoms. The third kappa shape index (κ3) is 4.22. The van der Waals surface area contributed by atoms with E-state index in [9.17, 15) is 4.79 Å². The lowest BCUT2D eigenvalue weighted by Crippen LogP contribution is -2.49. The van der Waals surface area contributed by atoms with Crippen LogP contribution in [-0.2, 0) is 9.53 Å². The van der Waals surface area contributed by atoms with Gasteiger partial charge in [-0.3, -0.25) is 4.79 Å². The van der Waals surface area contributed by atoms with Crippen molar-refractivity contribution in [2.45, 2.75) is 119 Å². The Hall–Kier alpha value is -0.790. The zero-order valence-electron chi connectivity index (χ0n) is 22.1. The Morgan fingerprint density at radius 3 is 2.50 bits per heavy atom. The van der Waals surface area contributed by atoms with Crippen molar-refractivity contribution < 1.29 is 9.53 Å². The largest absolute Gasteiger partial charge is 0.463 e. The maximum absolute atomic E-state index is 11.5. The molecule has 0 amide bonds. The highest BCUT2D eigenvalue weighted by molar-refractivity contribution is 5.66. The van der Waals surface area contributed by atoms with Crippen LogP contribution in [0.4, 0.5) is 0 Å². The van der Waals surface area contributed by atoms with Gasteiger partial charge in [0.05, 0.1) is 0 Å². The lowest BCUT2D eigenvalue weighted by molar-refractivity contribution is -0.151. The highest BCUT2D eigenvalue weighted by Gasteiger charge is 2.57. The van der Waals surface area contributed by atoms with Crippen molar-refractivity contribution in [1.82, 2.24) is 0 Å². The van der Waals surface area contributed by atoms with Gasteiger partial charge in [0.1, 0.15) is 6.10 Å². The van der Waals surface area contributed by atoms with Gasteiger partial charge < -0.3 is 4.74 Å². The smallest absolute Gasteiger partial charge is 0.302 e. The van der Waals surface area contributed by atoms with Crippen LogP contribution in [0.2, 0.25) is 0 Å². The second-order valence-electron chi connectivity index (χ2n) is 13.2. The average Bonchev–Trinajstić information content (AvgIpc) is 3.08. The molecule has 4 aliphatic carbocycles. The van der Waals surface area contributed by atoms with Gasteiger partial charge in [-0.05, 0) is 104 Å². The van der Waals surface area contributed by atoms with E-state index in [1.165, 1.54) is 51.4 Å². The number of ether oxygens (including phenoxy) is 1. The van der Waals surface area contributed by atoms with Crippen molar-refractivity contribution in [2.75, 3.05) is 0 Å². The molecule has 0 heterocycles. The molecule has 0 saturated heterocycles. The molecule has 2 nitrogen and oxygen atoms in total. The van der Waals surface area contributed by atoms with Crippen molar-refractivity contribution in [3.8, 4) is 0 Å². The minimum absolute atomic E-state index is 0.103. The van der Waals surface area contributed by atoms with Crippen molar-refractivity contribution in [2.24, 2.45) is 52.3 Å². The van der Waals surface area contributed by atoms with E-state index in [2.05, 4.69) is 47.6 Å². The number of hydrogen-bond acceptors (Lipinski definition) is 2. The number of fused-ring (bicyclic) bond motifs is 5. The summed E-state index contributed by atoms with van der Waals surface area (Å²) in [5, 5.41) is 0. The summed E-state index contributed by atoms with van der Waals surface area (Å²) in [4.78, 5) is 11.5. The summed E-state index contributed by atoms with van der Waals surface area (Å²) in [5.41, 5.74) is 2.67. The van der Waals surface area contributed by atoms with Gasteiger partial charge in [-0.1, -0.05) is 66.0 Å². The van der Waals surface area contributed by atoms with E-state index < -0.39 is 0 Å². The van der Waals surface area contributed by atoms with Gasteiger partial charge in [0.15, 0.2) is 0 Å². The van der Waals surface area contributed by atoms with Crippen LogP contribution in [0.3, 0.4) is 0 Å². The van der Waals surface area contributed by atoms with Crippen LogP contribution >= 0.6 is 0 Å². The summed E-state index contributed by atoms with van der Waals surface area (Å²) in [6, 6.07) is 0. The van der Waals surface area contributed by atoms with E-state index in [0.717, 1.165) is 48.3 Å². The van der Waals surface area contributed by atoms with E-state index >= 15 is 0 Å². The van der Waals surface area contributed by atoms with Gasteiger partial charge in [0.25, 0.3) is 0 Å². The highest BCUT2D eigenvalue weighted by atomic mass is 16.5. The second kappa shape index (κ2) is 9.10. The van der Waals surface area contributed by atoms with Crippen LogP contribution in [-0.4, -0.2) is 12.1 Å². The number of rotatable bonds is 6. The number of esters is 1. The second-order valence-corrected chi connectivity index (χ2v) is 13.2. The van der Waals surface area contributed by atoms with Crippen LogP contribution in [0.25, 0.3) is 0 Å². The quantitative estimate of drug-likeness (QED) is 0.306. The van der Waals surface area contributed by atoms with Crippen LogP contribution in [0.1, 0.15) is 113 Å². The summed E-state index contributed by atoms with van der Waals surface area (Å²) >= 11 is 0. The summed E-state index contributed by atoms with van der Waals surface area (Å²) in [6.07, 6.45) is 15.9. The Morgan fingerprint density at radius 1 is 1.06 bits per heavy atom. The van der Waals surface area contributed by atoms with E-state index in [0.29, 0.717) is 16.7 Å². The molecule has 0 aromatic carbocycles. The lowest BCUT2D eigenvalue weighted by atomic mass is 9.48. The molecule has 0 aromatic heterocycles. The summed E-state index contributed by atoms with van der Waals surface area (Å²) in [7, 11) is 0. The van der Waals surface area contributed by atoms with Gasteiger partial charge >= 0.3 is 5.97 Å². The molecule has 0 spiro atoms. The molecule has 0 N–H and O–H groups in total. The fraction of sp³-hybridized carbons (Fsp3) is 0.900. The van der Waals surface area contributed by atoms with Crippen LogP contribution in [0.15, 0.2) is 11.6 Å². The molecule has 4 rings (SSSR count). The summed E-state index contributed by atoms with van der Waals surface area (Å²) in [5.74, 6) is 5.70. The molecule has 182 valence electrons. The third-order valence-electron chi connectivity index (χ3n) is 11.3. The average molecular weight is 443 g/mol. The molecule has 3 fully saturated rings. The Morgan fingerprint density at radius 2 is 1.81 bits per heavy atom. The SMILES string of the molecule is CC(=O)OC1CCC2(C)C3=CCC4(C)C(C(C)CCC(C)C(C)C)CCC4C3CCC2C1.